The van der Waals surface area contributed by atoms with E-state index < -0.39 is 18.1 Å². The average molecular weight is 512 g/mol. The predicted molar refractivity (Wildman–Crippen MR) is 122 cm³/mol. The Balaban J connectivity index is 0.000000429. The molecule has 4 rings (SSSR count). The summed E-state index contributed by atoms with van der Waals surface area (Å²) in [6, 6.07) is 10.9. The molecule has 8 nitrogen and oxygen atoms in total. The van der Waals surface area contributed by atoms with E-state index >= 15 is 0 Å². The smallest absolute Gasteiger partial charge is 0.490 e. The summed E-state index contributed by atoms with van der Waals surface area (Å²) in [4.78, 5) is 20.8. The number of carboxylic acid groups (broad SMARTS) is 2. The van der Waals surface area contributed by atoms with E-state index in [4.69, 9.17) is 27.2 Å². The van der Waals surface area contributed by atoms with Crippen LogP contribution in [-0.4, -0.2) is 49.8 Å². The van der Waals surface area contributed by atoms with E-state index in [2.05, 4.69) is 5.10 Å². The lowest BCUT2D eigenvalue weighted by molar-refractivity contribution is -0.192. The third-order valence-corrected chi connectivity index (χ3v) is 5.68. The molecule has 186 valence electrons. The van der Waals surface area contributed by atoms with Crippen LogP contribution in [0, 0.1) is 0 Å². The molecule has 0 unspecified atom stereocenters. The summed E-state index contributed by atoms with van der Waals surface area (Å²) in [6.45, 7) is 0.917. The molecule has 0 saturated carbocycles. The number of benzene rings is 2. The van der Waals surface area contributed by atoms with Crippen molar-refractivity contribution in [2.45, 2.75) is 32.0 Å². The van der Waals surface area contributed by atoms with Crippen LogP contribution in [0.4, 0.5) is 13.2 Å². The first-order valence-electron chi connectivity index (χ1n) is 10.4. The fourth-order valence-electron chi connectivity index (χ4n) is 3.81. The minimum atomic E-state index is -5.08. The minimum Gasteiger partial charge on any atom is -0.507 e. The van der Waals surface area contributed by atoms with Gasteiger partial charge < -0.3 is 21.1 Å². The van der Waals surface area contributed by atoms with Crippen molar-refractivity contribution in [3.63, 3.8) is 0 Å². The predicted octanol–water partition coefficient (Wildman–Crippen LogP) is 4.36. The molecule has 0 radical (unpaired) electrons. The third-order valence-electron chi connectivity index (χ3n) is 5.35. The number of nitrogens with zero attached hydrogens (tertiary/aromatic N) is 2. The van der Waals surface area contributed by atoms with Crippen LogP contribution in [0.5, 0.6) is 5.75 Å². The Bertz CT molecular complexity index is 1270. The van der Waals surface area contributed by atoms with Gasteiger partial charge in [0, 0.05) is 33.8 Å². The molecule has 1 heterocycles. The number of aliphatic carboxylic acids is 1. The van der Waals surface area contributed by atoms with Gasteiger partial charge in [-0.1, -0.05) is 29.8 Å². The number of rotatable bonds is 5. The molecule has 12 heteroatoms. The van der Waals surface area contributed by atoms with Gasteiger partial charge in [0.1, 0.15) is 11.4 Å². The molecule has 1 aromatic heterocycles. The van der Waals surface area contributed by atoms with Gasteiger partial charge in [-0.05, 0) is 49.6 Å². The van der Waals surface area contributed by atoms with E-state index in [0.717, 1.165) is 22.3 Å². The molecule has 0 saturated heterocycles. The first-order chi connectivity index (χ1) is 16.5. The number of halogens is 4. The molecule has 1 aliphatic carbocycles. The van der Waals surface area contributed by atoms with Gasteiger partial charge in [-0.15, -0.1) is 0 Å². The minimum absolute atomic E-state index is 0.149. The first-order valence-corrected chi connectivity index (χ1v) is 10.8. The summed E-state index contributed by atoms with van der Waals surface area (Å²) >= 11 is 6.32. The molecule has 0 fully saturated rings. The maximum absolute atomic E-state index is 11.9. The average Bonchev–Trinajstić information content (AvgIpc) is 3.16. The summed E-state index contributed by atoms with van der Waals surface area (Å²) < 4.78 is 33.3. The maximum atomic E-state index is 11.9. The molecular formula is C23H21ClF3N3O5. The molecule has 3 aromatic rings. The molecule has 2 aromatic carbocycles. The van der Waals surface area contributed by atoms with Gasteiger partial charge in [-0.3, -0.25) is 4.68 Å². The number of carbonyl (C=O) groups is 2. The molecule has 0 amide bonds. The summed E-state index contributed by atoms with van der Waals surface area (Å²) in [6.07, 6.45) is -3.23. The van der Waals surface area contributed by atoms with Crippen molar-refractivity contribution >= 4 is 23.5 Å². The fraction of sp³-hybridized carbons (Fsp3) is 0.261. The van der Waals surface area contributed by atoms with Gasteiger partial charge in [0.2, 0.25) is 0 Å². The van der Waals surface area contributed by atoms with E-state index in [1.807, 2.05) is 24.3 Å². The van der Waals surface area contributed by atoms with Crippen LogP contribution in [0.2, 0.25) is 5.02 Å². The van der Waals surface area contributed by atoms with Gasteiger partial charge in [-0.2, -0.15) is 18.3 Å². The normalized spacial score (nSPS) is 12.3. The Hall–Kier alpha value is -3.57. The molecule has 35 heavy (non-hydrogen) atoms. The van der Waals surface area contributed by atoms with Crippen LogP contribution in [0.15, 0.2) is 36.4 Å². The van der Waals surface area contributed by atoms with Gasteiger partial charge >= 0.3 is 18.1 Å². The number of nitrogens with two attached hydrogens (primary N) is 1. The van der Waals surface area contributed by atoms with Gasteiger partial charge in [0.15, 0.2) is 0 Å². The second kappa shape index (κ2) is 10.4. The SMILES string of the molecule is NCCCn1nc2c(c1C(=O)O)CCc1cc(O)c(-c3ccccc3Cl)cc1-2.O=C(O)C(F)(F)F. The molecule has 0 aliphatic heterocycles. The number of aryl methyl sites for hydroxylation is 2. The Morgan fingerprint density at radius 1 is 1.09 bits per heavy atom. The highest BCUT2D eigenvalue weighted by atomic mass is 35.5. The summed E-state index contributed by atoms with van der Waals surface area (Å²) in [5.41, 5.74) is 10.3. The van der Waals surface area contributed by atoms with Gasteiger partial charge in [-0.25, -0.2) is 9.59 Å². The van der Waals surface area contributed by atoms with Crippen LogP contribution >= 0.6 is 11.6 Å². The largest absolute Gasteiger partial charge is 0.507 e. The number of aromatic nitrogens is 2. The molecule has 0 bridgehead atoms. The summed E-state index contributed by atoms with van der Waals surface area (Å²) in [5, 5.41) is 32.5. The zero-order chi connectivity index (χ0) is 25.9. The van der Waals surface area contributed by atoms with E-state index in [9.17, 15) is 28.2 Å². The number of carboxylic acids is 2. The number of alkyl halides is 3. The van der Waals surface area contributed by atoms with Crippen LogP contribution in [0.25, 0.3) is 22.4 Å². The van der Waals surface area contributed by atoms with Crippen LogP contribution < -0.4 is 5.73 Å². The lowest BCUT2D eigenvalue weighted by Gasteiger charge is -2.18. The quantitative estimate of drug-likeness (QED) is 0.399. The molecule has 0 atom stereocenters. The van der Waals surface area contributed by atoms with Crippen molar-refractivity contribution in [1.82, 2.24) is 9.78 Å². The lowest BCUT2D eigenvalue weighted by Crippen LogP contribution is -2.21. The molecule has 5 N–H and O–H groups in total. The third kappa shape index (κ3) is 5.57. The van der Waals surface area contributed by atoms with Crippen molar-refractivity contribution in [3.8, 4) is 28.1 Å². The van der Waals surface area contributed by atoms with Crippen molar-refractivity contribution < 1.29 is 38.1 Å². The monoisotopic (exact) mass is 511 g/mol. The highest BCUT2D eigenvalue weighted by molar-refractivity contribution is 6.33. The molecule has 0 spiro atoms. The number of phenolic OH excluding ortho intramolecular Hbond substituents is 1. The topological polar surface area (TPSA) is 139 Å². The number of hydrogen-bond acceptors (Lipinski definition) is 5. The second-order valence-corrected chi connectivity index (χ2v) is 8.06. The maximum Gasteiger partial charge on any atom is 0.490 e. The highest BCUT2D eigenvalue weighted by Gasteiger charge is 2.38. The molecular weight excluding hydrogens is 491 g/mol. The van der Waals surface area contributed by atoms with E-state index in [0.29, 0.717) is 48.6 Å². The van der Waals surface area contributed by atoms with Crippen LogP contribution in [-0.2, 0) is 24.2 Å². The van der Waals surface area contributed by atoms with E-state index in [1.54, 1.807) is 12.1 Å². The zero-order valence-corrected chi connectivity index (χ0v) is 18.9. The second-order valence-electron chi connectivity index (χ2n) is 7.66. The van der Waals surface area contributed by atoms with E-state index in [1.165, 1.54) is 4.68 Å². The van der Waals surface area contributed by atoms with Crippen molar-refractivity contribution in [2.24, 2.45) is 5.73 Å². The molecule has 1 aliphatic rings. The number of phenols is 1. The Morgan fingerprint density at radius 3 is 2.31 bits per heavy atom. The number of fused-ring (bicyclic) bond motifs is 3. The lowest BCUT2D eigenvalue weighted by atomic mass is 9.86. The zero-order valence-electron chi connectivity index (χ0n) is 18.1. The van der Waals surface area contributed by atoms with Crippen molar-refractivity contribution in [2.75, 3.05) is 6.54 Å². The van der Waals surface area contributed by atoms with Gasteiger partial charge in [0.05, 0.1) is 5.69 Å². The highest BCUT2D eigenvalue weighted by Crippen LogP contribution is 2.42. The van der Waals surface area contributed by atoms with Crippen molar-refractivity contribution in [1.29, 1.82) is 0 Å². The number of aromatic carboxylic acids is 1. The number of aromatic hydroxyl groups is 1. The number of hydrogen-bond donors (Lipinski definition) is 4. The standard InChI is InChI=1S/C21H20ClN3O3.C2HF3O2/c22-17-5-2-1-4-13(17)16-11-15-12(10-18(16)26)6-7-14-19(15)24-25(9-3-8-23)20(14)21(27)28;3-2(4,5)1(6)7/h1-2,4-5,10-11,26H,3,6-9,23H2,(H,27,28);(H,6,7). The van der Waals surface area contributed by atoms with Crippen molar-refractivity contribution in [3.05, 3.63) is 58.2 Å². The van der Waals surface area contributed by atoms with Gasteiger partial charge in [0.25, 0.3) is 0 Å². The van der Waals surface area contributed by atoms with E-state index in [-0.39, 0.29) is 11.4 Å². The van der Waals surface area contributed by atoms with Crippen LogP contribution in [0.1, 0.15) is 28.0 Å². The fourth-order valence-corrected chi connectivity index (χ4v) is 4.05. The van der Waals surface area contributed by atoms with Crippen LogP contribution in [0.3, 0.4) is 0 Å². The Morgan fingerprint density at radius 2 is 1.74 bits per heavy atom. The Kier molecular flexibility index (Phi) is 7.71. The first kappa shape index (κ1) is 26.0. The Labute approximate surface area is 202 Å². The summed E-state index contributed by atoms with van der Waals surface area (Å²) in [5.74, 6) is -3.59. The summed E-state index contributed by atoms with van der Waals surface area (Å²) in [7, 11) is 0.